The van der Waals surface area contributed by atoms with E-state index in [1.165, 1.54) is 56.1 Å². The minimum Gasteiger partial charge on any atom is -0.496 e. The third kappa shape index (κ3) is 1.31. The zero-order valence-electron chi connectivity index (χ0n) is 14.7. The van der Waals surface area contributed by atoms with Crippen LogP contribution in [0.15, 0.2) is 23.3 Å². The fourth-order valence-electron chi connectivity index (χ4n) is 7.65. The van der Waals surface area contributed by atoms with Crippen molar-refractivity contribution in [2.45, 2.75) is 56.8 Å². The number of hydrogen-bond acceptors (Lipinski definition) is 2. The normalized spacial score (nSPS) is 36.6. The van der Waals surface area contributed by atoms with Crippen LogP contribution in [0.5, 0.6) is 11.5 Å². The van der Waals surface area contributed by atoms with Gasteiger partial charge in [-0.05, 0) is 61.5 Å². The van der Waals surface area contributed by atoms with Crippen molar-refractivity contribution < 1.29 is 9.47 Å². The molecular formula is C22H26O2. The first-order valence-electron chi connectivity index (χ1n) is 9.78. The Morgan fingerprint density at radius 2 is 1.33 bits per heavy atom. The number of ether oxygens (including phenoxy) is 2. The molecule has 1 aromatic carbocycles. The molecule has 0 heterocycles. The maximum absolute atomic E-state index is 5.86. The van der Waals surface area contributed by atoms with Crippen molar-refractivity contribution in [1.82, 2.24) is 0 Å². The summed E-state index contributed by atoms with van der Waals surface area (Å²) in [7, 11) is 3.68. The molecular weight excluding hydrogens is 296 g/mol. The van der Waals surface area contributed by atoms with E-state index in [1.54, 1.807) is 0 Å². The molecule has 1 spiro atoms. The van der Waals surface area contributed by atoms with Crippen LogP contribution in [0.4, 0.5) is 0 Å². The summed E-state index contributed by atoms with van der Waals surface area (Å²) in [6.45, 7) is 0. The molecule has 126 valence electrons. The highest BCUT2D eigenvalue weighted by Gasteiger charge is 2.67. The molecule has 2 nitrogen and oxygen atoms in total. The lowest BCUT2D eigenvalue weighted by Gasteiger charge is -2.34. The van der Waals surface area contributed by atoms with E-state index < -0.39 is 0 Å². The average Bonchev–Trinajstić information content (AvgIpc) is 3.41. The zero-order valence-corrected chi connectivity index (χ0v) is 14.7. The van der Waals surface area contributed by atoms with Gasteiger partial charge in [0, 0.05) is 23.0 Å². The first-order valence-corrected chi connectivity index (χ1v) is 9.78. The summed E-state index contributed by atoms with van der Waals surface area (Å²) in [4.78, 5) is 0. The van der Waals surface area contributed by atoms with E-state index >= 15 is 0 Å². The van der Waals surface area contributed by atoms with Gasteiger partial charge in [-0.15, -0.1) is 0 Å². The highest BCUT2D eigenvalue weighted by molar-refractivity contribution is 5.69. The topological polar surface area (TPSA) is 18.5 Å². The zero-order chi connectivity index (χ0) is 16.1. The smallest absolute Gasteiger partial charge is 0.123 e. The molecule has 0 aliphatic heterocycles. The molecule has 24 heavy (non-hydrogen) atoms. The Labute approximate surface area is 144 Å². The summed E-state index contributed by atoms with van der Waals surface area (Å²) >= 11 is 0. The van der Waals surface area contributed by atoms with Gasteiger partial charge >= 0.3 is 0 Å². The van der Waals surface area contributed by atoms with Crippen LogP contribution < -0.4 is 9.47 Å². The quantitative estimate of drug-likeness (QED) is 0.698. The summed E-state index contributed by atoms with van der Waals surface area (Å²) in [5, 5.41) is 0. The van der Waals surface area contributed by atoms with Crippen LogP contribution in [-0.4, -0.2) is 14.2 Å². The lowest BCUT2D eigenvalue weighted by molar-refractivity contribution is 0.248. The summed E-state index contributed by atoms with van der Waals surface area (Å²) in [6.07, 6.45) is 9.91. The Kier molecular flexibility index (Phi) is 2.53. The highest BCUT2D eigenvalue weighted by atomic mass is 16.5. The molecule has 6 rings (SSSR count). The molecule has 2 saturated carbocycles. The average molecular weight is 322 g/mol. The molecule has 0 unspecified atom stereocenters. The third-order valence-electron chi connectivity index (χ3n) is 8.18. The fraction of sp³-hybridized carbons (Fsp3) is 0.636. The number of allylic oxidation sites excluding steroid dienone is 2. The van der Waals surface area contributed by atoms with Crippen LogP contribution in [-0.2, 0) is 0 Å². The van der Waals surface area contributed by atoms with Gasteiger partial charge in [0.05, 0.1) is 14.2 Å². The summed E-state index contributed by atoms with van der Waals surface area (Å²) in [5.74, 6) is 5.24. The van der Waals surface area contributed by atoms with Crippen LogP contribution in [0.1, 0.15) is 67.9 Å². The second-order valence-electron chi connectivity index (χ2n) is 8.72. The Morgan fingerprint density at radius 3 is 1.79 bits per heavy atom. The van der Waals surface area contributed by atoms with Gasteiger partial charge in [-0.2, -0.15) is 0 Å². The van der Waals surface area contributed by atoms with Gasteiger partial charge in [-0.1, -0.05) is 24.0 Å². The van der Waals surface area contributed by atoms with Crippen LogP contribution >= 0.6 is 0 Å². The number of fused-ring (bicyclic) bond motifs is 9. The van der Waals surface area contributed by atoms with E-state index in [9.17, 15) is 0 Å². The molecule has 2 fully saturated rings. The van der Waals surface area contributed by atoms with E-state index in [0.29, 0.717) is 17.3 Å². The van der Waals surface area contributed by atoms with Gasteiger partial charge in [0.25, 0.3) is 0 Å². The molecule has 0 aromatic heterocycles. The second kappa shape index (κ2) is 4.39. The van der Waals surface area contributed by atoms with Gasteiger partial charge in [0.15, 0.2) is 0 Å². The maximum atomic E-state index is 5.86. The van der Waals surface area contributed by atoms with Crippen molar-refractivity contribution in [3.05, 3.63) is 34.4 Å². The Bertz CT molecular complexity index is 711. The van der Waals surface area contributed by atoms with E-state index in [4.69, 9.17) is 9.47 Å². The predicted molar refractivity (Wildman–Crippen MR) is 93.8 cm³/mol. The first kappa shape index (κ1) is 13.8. The fourth-order valence-corrected chi connectivity index (χ4v) is 7.65. The van der Waals surface area contributed by atoms with Crippen LogP contribution in [0, 0.1) is 17.3 Å². The maximum Gasteiger partial charge on any atom is 0.123 e. The molecule has 0 saturated heterocycles. The van der Waals surface area contributed by atoms with Gasteiger partial charge in [-0.3, -0.25) is 0 Å². The van der Waals surface area contributed by atoms with Crippen molar-refractivity contribution in [3.63, 3.8) is 0 Å². The minimum atomic E-state index is 0.468. The molecule has 0 amide bonds. The van der Waals surface area contributed by atoms with Gasteiger partial charge < -0.3 is 9.47 Å². The molecule has 0 radical (unpaired) electrons. The molecule has 5 aliphatic rings. The summed E-state index contributed by atoms with van der Waals surface area (Å²) in [5.41, 5.74) is 7.23. The van der Waals surface area contributed by atoms with Crippen molar-refractivity contribution in [2.24, 2.45) is 17.3 Å². The van der Waals surface area contributed by atoms with Crippen molar-refractivity contribution in [3.8, 4) is 11.5 Å². The van der Waals surface area contributed by atoms with E-state index in [-0.39, 0.29) is 0 Å². The standard InChI is InChI=1S/C22H26O2/c1-23-14-7-8-15(24-2)19-18(14)20-16-12-5-6-13(11-12)17(16)21(19)22(20)9-3-4-10-22/h7-8,12-13,20-21H,3-6,9-11H2,1-2H3/t12-,13-,20+,21+/m0/s1. The van der Waals surface area contributed by atoms with Gasteiger partial charge in [-0.25, -0.2) is 0 Å². The Balaban J connectivity index is 1.65. The number of methoxy groups -OCH3 is 2. The number of rotatable bonds is 2. The molecule has 2 heteroatoms. The lowest BCUT2D eigenvalue weighted by atomic mass is 9.69. The molecule has 4 bridgehead atoms. The summed E-state index contributed by atoms with van der Waals surface area (Å²) < 4.78 is 11.7. The Morgan fingerprint density at radius 1 is 0.833 bits per heavy atom. The SMILES string of the molecule is COc1ccc(OC)c2c1[C@H]1C3=C([C@H]4CC[C@H]3C4)[C@H]2C12CCCC2. The van der Waals surface area contributed by atoms with E-state index in [0.717, 1.165) is 23.3 Å². The molecule has 4 atom stereocenters. The van der Waals surface area contributed by atoms with Crippen LogP contribution in [0.3, 0.4) is 0 Å². The van der Waals surface area contributed by atoms with E-state index in [1.807, 2.05) is 25.4 Å². The van der Waals surface area contributed by atoms with E-state index in [2.05, 4.69) is 12.1 Å². The largest absolute Gasteiger partial charge is 0.496 e. The Hall–Kier alpha value is -1.44. The molecule has 5 aliphatic carbocycles. The van der Waals surface area contributed by atoms with Crippen LogP contribution in [0.2, 0.25) is 0 Å². The highest BCUT2D eigenvalue weighted by Crippen LogP contribution is 2.79. The molecule has 0 N–H and O–H groups in total. The first-order chi connectivity index (χ1) is 11.8. The van der Waals surface area contributed by atoms with Crippen molar-refractivity contribution >= 4 is 0 Å². The van der Waals surface area contributed by atoms with Crippen molar-refractivity contribution in [2.75, 3.05) is 14.2 Å². The number of hydrogen-bond donors (Lipinski definition) is 0. The van der Waals surface area contributed by atoms with Crippen molar-refractivity contribution in [1.29, 1.82) is 0 Å². The lowest BCUT2D eigenvalue weighted by Crippen LogP contribution is -2.24. The van der Waals surface area contributed by atoms with Gasteiger partial charge in [0.2, 0.25) is 0 Å². The second-order valence-corrected chi connectivity index (χ2v) is 8.72. The van der Waals surface area contributed by atoms with Gasteiger partial charge in [0.1, 0.15) is 11.5 Å². The third-order valence-corrected chi connectivity index (χ3v) is 8.18. The monoisotopic (exact) mass is 322 g/mol. The minimum absolute atomic E-state index is 0.468. The number of benzene rings is 1. The summed E-state index contributed by atoms with van der Waals surface area (Å²) in [6, 6.07) is 4.29. The van der Waals surface area contributed by atoms with Crippen LogP contribution in [0.25, 0.3) is 0 Å². The molecule has 1 aromatic rings. The predicted octanol–water partition coefficient (Wildman–Crippen LogP) is 5.19.